The van der Waals surface area contributed by atoms with Gasteiger partial charge in [-0.1, -0.05) is 86.1 Å². The van der Waals surface area contributed by atoms with Gasteiger partial charge in [0.25, 0.3) is 0 Å². The van der Waals surface area contributed by atoms with Crippen LogP contribution < -0.4 is 31.7 Å². The fraction of sp³-hybridized carbons (Fsp3) is 0.545. The van der Waals surface area contributed by atoms with Gasteiger partial charge in [-0.3, -0.25) is 14.4 Å². The number of aliphatic hydroxyl groups excluding tert-OH is 3. The molecule has 0 saturated carbocycles. The molecule has 1 aliphatic carbocycles. The number of nitrogens with one attached hydrogen (secondary N) is 4. The summed E-state index contributed by atoms with van der Waals surface area (Å²) in [6, 6.07) is 32.5. The maximum absolute atomic E-state index is 14.2. The number of carboxylic acid groups (broad SMARTS) is 2. The molecule has 123 heavy (non-hydrogen) atoms. The Kier molecular flexibility index (Phi) is 41.9. The van der Waals surface area contributed by atoms with Crippen LogP contribution in [-0.4, -0.2) is 310 Å². The van der Waals surface area contributed by atoms with Gasteiger partial charge in [0.05, 0.1) is 188 Å². The number of unbranched alkanes of at least 4 members (excludes halogenated alkanes) is 2. The van der Waals surface area contributed by atoms with Crippen LogP contribution in [0.3, 0.4) is 0 Å². The zero-order valence-corrected chi connectivity index (χ0v) is 70.8. The summed E-state index contributed by atoms with van der Waals surface area (Å²) in [6.07, 6.45) is -7.30. The Morgan fingerprint density at radius 1 is 0.561 bits per heavy atom. The molecule has 35 nitrogen and oxygen atoms in total. The molecule has 1 fully saturated rings. The molecule has 0 spiro atoms. The zero-order chi connectivity index (χ0) is 87.6. The van der Waals surface area contributed by atoms with Crippen molar-refractivity contribution in [1.82, 2.24) is 30.5 Å². The largest absolute Gasteiger partial charge is 0.479 e. The maximum atomic E-state index is 14.2. The number of carboxylic acids is 2. The lowest BCUT2D eigenvalue weighted by Gasteiger charge is -2.38. The van der Waals surface area contributed by atoms with Gasteiger partial charge in [-0.05, 0) is 89.9 Å². The number of aromatic carboxylic acids is 1. The van der Waals surface area contributed by atoms with E-state index in [0.717, 1.165) is 62.9 Å². The molecule has 0 unspecified atom stereocenters. The minimum atomic E-state index is -2.00. The Balaban J connectivity index is 0.690. The summed E-state index contributed by atoms with van der Waals surface area (Å²) < 4.78 is 85.5. The predicted octanol–water partition coefficient (Wildman–Crippen LogP) is 6.16. The van der Waals surface area contributed by atoms with E-state index >= 15 is 0 Å². The molecule has 5 aromatic carbocycles. The van der Waals surface area contributed by atoms with Crippen LogP contribution in [0.2, 0.25) is 0 Å². The Morgan fingerprint density at radius 2 is 1.09 bits per heavy atom. The first-order valence-electron chi connectivity index (χ1n) is 42.0. The van der Waals surface area contributed by atoms with Crippen LogP contribution in [0.1, 0.15) is 102 Å². The van der Waals surface area contributed by atoms with E-state index in [1.807, 2.05) is 86.9 Å². The number of anilines is 2. The number of aliphatic carboxylic acids is 1. The molecule has 9 rings (SSSR count). The van der Waals surface area contributed by atoms with E-state index in [0.29, 0.717) is 199 Å². The minimum Gasteiger partial charge on any atom is -0.479 e. The number of nitrogens with zero attached hydrogens (tertiary/aromatic N) is 4. The first-order valence-corrected chi connectivity index (χ1v) is 42.0. The number of carbonyl (C=O) groups is 6. The molecule has 0 bridgehead atoms. The van der Waals surface area contributed by atoms with Crippen molar-refractivity contribution in [3.8, 4) is 16.9 Å². The number of carbonyl (C=O) groups excluding carboxylic acids is 4. The average Bonchev–Trinajstić information content (AvgIpc) is 1.64. The average molecular weight is 1720 g/mol. The maximum Gasteiger partial charge on any atom is 0.407 e. The van der Waals surface area contributed by atoms with E-state index < -0.39 is 66.6 Å². The Labute approximate surface area is 716 Å². The molecule has 1 saturated heterocycles. The Morgan fingerprint density at radius 3 is 1.63 bits per heavy atom. The number of aromatic nitrogens is 3. The van der Waals surface area contributed by atoms with E-state index in [2.05, 4.69) is 37.7 Å². The number of alkyl carbamates (subject to hydrolysis) is 1. The van der Waals surface area contributed by atoms with E-state index in [1.165, 1.54) is 12.1 Å². The van der Waals surface area contributed by atoms with Crippen molar-refractivity contribution in [2.75, 3.05) is 204 Å². The summed E-state index contributed by atoms with van der Waals surface area (Å²) in [5, 5.41) is 63.7. The third-order valence-electron chi connectivity index (χ3n) is 20.2. The third-order valence-corrected chi connectivity index (χ3v) is 20.2. The number of ether oxygens (including phenoxy) is 15. The lowest BCUT2D eigenvalue weighted by atomic mass is 9.98. The highest BCUT2D eigenvalue weighted by Crippen LogP contribution is 2.45. The molecule has 6 atom stereocenters. The topological polar surface area (TPSA) is 447 Å². The van der Waals surface area contributed by atoms with Crippen molar-refractivity contribution in [2.45, 2.75) is 121 Å². The van der Waals surface area contributed by atoms with Crippen molar-refractivity contribution >= 4 is 69.2 Å². The second kappa shape index (κ2) is 53.0. The highest BCUT2D eigenvalue weighted by molar-refractivity contribution is 6.08. The van der Waals surface area contributed by atoms with Gasteiger partial charge in [0, 0.05) is 68.4 Å². The normalized spacial score (nSPS) is 16.0. The number of methoxy groups -OCH3 is 1. The molecule has 7 aromatic rings. The van der Waals surface area contributed by atoms with Crippen molar-refractivity contribution in [3.05, 3.63) is 148 Å². The number of rotatable bonds is 62. The van der Waals surface area contributed by atoms with E-state index in [9.17, 15) is 54.3 Å². The van der Waals surface area contributed by atoms with E-state index in [-0.39, 0.29) is 86.8 Å². The molecule has 0 radical (unpaired) electrons. The van der Waals surface area contributed by atoms with Gasteiger partial charge < -0.3 is 133 Å². The van der Waals surface area contributed by atoms with Gasteiger partial charge in [0.15, 0.2) is 11.9 Å². The number of aryl methyl sites for hydroxylation is 1. The summed E-state index contributed by atoms with van der Waals surface area (Å²) in [5.74, 6) is -3.47. The van der Waals surface area contributed by atoms with Crippen molar-refractivity contribution in [3.63, 3.8) is 0 Å². The first-order chi connectivity index (χ1) is 59.7. The van der Waals surface area contributed by atoms with Crippen molar-refractivity contribution < 1.29 is 130 Å². The monoisotopic (exact) mass is 1720 g/mol. The van der Waals surface area contributed by atoms with Crippen LogP contribution in [0.5, 0.6) is 5.75 Å². The number of fused-ring (bicyclic) bond motifs is 6. The van der Waals surface area contributed by atoms with Crippen molar-refractivity contribution in [1.29, 1.82) is 0 Å². The zero-order valence-electron chi connectivity index (χ0n) is 70.8. The second-order valence-corrected chi connectivity index (χ2v) is 30.1. The standard InChI is InChI=1S/C88H121N9O26/c1-5-6-18-74-95-77-78(68-25-24-63(85(104)105)55-71(68)93-83(77)89)96(74)56-60-19-21-61(22-20-60)57-97(2,3)58-62-23-26-73(122-87-81(102)79(100)80(101)82(123-87)86(106)107)72(54-62)92-76(99)27-30-91-84(103)70(94-88(108)121-59-69-66-15-9-7-13-64(66)65-14-8-10-16-67(65)69)17-11-12-29-90-75(98)28-31-110-34-35-112-38-39-114-42-43-116-46-47-118-50-51-120-53-52-119-49-48-117-45-44-115-41-40-113-37-36-111-33-32-109-4/h7-10,13-16,19-26,54-55,69-70,79-82,87,100-102H,5-6,11-12,17-18,27-53,56-59H2,1-4H3,(H7-,89,90,91,92,93,94,98,99,103,104,105,106,107,108)/p+1/t70-,79-,80-,81+,82-,87+/m0/s1. The smallest absolute Gasteiger partial charge is 0.407 e. The summed E-state index contributed by atoms with van der Waals surface area (Å²) in [4.78, 5) is 88.4. The number of quaternary nitrogens is 1. The van der Waals surface area contributed by atoms with Gasteiger partial charge in [0.2, 0.25) is 24.0 Å². The number of nitrogen functional groups attached to an aromatic ring is 1. The summed E-state index contributed by atoms with van der Waals surface area (Å²) in [6.45, 7) is 13.4. The molecule has 4 amide bonds. The van der Waals surface area contributed by atoms with Crippen LogP contribution in [0.25, 0.3) is 33.1 Å². The molecule has 3 heterocycles. The molecule has 1 aliphatic heterocycles. The van der Waals surface area contributed by atoms with Crippen LogP contribution >= 0.6 is 0 Å². The minimum absolute atomic E-state index is 0.0165. The first kappa shape index (κ1) is 97.3. The van der Waals surface area contributed by atoms with Gasteiger partial charge >= 0.3 is 18.0 Å². The SMILES string of the molecule is CCCCc1nc2c(N)nc3cc(C(=O)O)ccc3c2n1Cc1ccc(C[N+](C)(C)Cc2ccc(O[C@@H]3O[C@H](C(=O)O)[C@@H](O)[C@H](O)[C@H]3O)c(NC(=O)CCNC(=O)[C@H](CCCCNC(=O)CCOCCOCCOCCOCCOCCOCCOCCOCCOCCOCCOCCOC)NC(=O)OCC3c4ccccc4-c4ccccc43)c2)cc1. The highest BCUT2D eigenvalue weighted by Gasteiger charge is 2.48. The predicted molar refractivity (Wildman–Crippen MR) is 452 cm³/mol. The molecule has 2 aromatic heterocycles. The van der Waals surface area contributed by atoms with Gasteiger partial charge in [-0.25, -0.2) is 24.4 Å². The fourth-order valence-electron chi connectivity index (χ4n) is 14.0. The number of benzene rings is 5. The number of aliphatic hydroxyl groups is 3. The highest BCUT2D eigenvalue weighted by atomic mass is 16.7. The van der Waals surface area contributed by atoms with Crippen LogP contribution in [-0.2, 0) is 112 Å². The molecule has 2 aliphatic rings. The second-order valence-electron chi connectivity index (χ2n) is 30.1. The van der Waals surface area contributed by atoms with Crippen LogP contribution in [0, 0.1) is 0 Å². The number of pyridine rings is 1. The lowest BCUT2D eigenvalue weighted by molar-refractivity contribution is -0.916. The quantitative estimate of drug-likeness (QED) is 0.0151. The fourth-order valence-corrected chi connectivity index (χ4v) is 14.0. The summed E-state index contributed by atoms with van der Waals surface area (Å²) >= 11 is 0. The van der Waals surface area contributed by atoms with E-state index in [4.69, 9.17) is 81.8 Å². The summed E-state index contributed by atoms with van der Waals surface area (Å²) in [7, 11) is 5.68. The molecule has 11 N–H and O–H groups in total. The summed E-state index contributed by atoms with van der Waals surface area (Å²) in [5.41, 5.74) is 15.2. The molecule has 35 heteroatoms. The van der Waals surface area contributed by atoms with Crippen molar-refractivity contribution in [2.24, 2.45) is 0 Å². The number of hydrogen-bond donors (Lipinski definition) is 10. The van der Waals surface area contributed by atoms with Gasteiger partial charge in [-0.2, -0.15) is 0 Å². The number of nitrogens with two attached hydrogens (primary N) is 1. The number of amides is 4. The van der Waals surface area contributed by atoms with Gasteiger partial charge in [-0.15, -0.1) is 0 Å². The van der Waals surface area contributed by atoms with Gasteiger partial charge in [0.1, 0.15) is 61.1 Å². The number of hydrogen-bond acceptors (Lipinski definition) is 27. The molecular formula is C88H122N9O26+. The van der Waals surface area contributed by atoms with Crippen LogP contribution in [0.15, 0.2) is 109 Å². The number of imidazole rings is 1. The Bertz CT molecular complexity index is 4360. The third kappa shape index (κ3) is 32.2. The van der Waals surface area contributed by atoms with E-state index in [1.54, 1.807) is 31.4 Å². The Hall–Kier alpha value is -9.48. The molecule has 674 valence electrons. The van der Waals surface area contributed by atoms with Crippen LogP contribution in [0.4, 0.5) is 16.3 Å². The lowest BCUT2D eigenvalue weighted by Crippen LogP contribution is -2.61. The molecular weight excluding hydrogens is 1600 g/mol.